The van der Waals surface area contributed by atoms with Gasteiger partial charge >= 0.3 is 0 Å². The third-order valence-electron chi connectivity index (χ3n) is 6.66. The number of carbonyl (C=O) groups excluding carboxylic acids is 1. The molecule has 0 saturated carbocycles. The molecule has 1 aromatic carbocycles. The summed E-state index contributed by atoms with van der Waals surface area (Å²) in [6.07, 6.45) is 6.84. The first kappa shape index (κ1) is 18.9. The second-order valence-electron chi connectivity index (χ2n) is 8.68. The van der Waals surface area contributed by atoms with Gasteiger partial charge < -0.3 is 24.4 Å². The Labute approximate surface area is 180 Å². The second kappa shape index (κ2) is 7.72. The molecule has 4 aliphatic heterocycles. The molecule has 2 saturated heterocycles. The van der Waals surface area contributed by atoms with Gasteiger partial charge in [-0.05, 0) is 44.4 Å². The molecule has 162 valence electrons. The Morgan fingerprint density at radius 3 is 2.87 bits per heavy atom. The Morgan fingerprint density at radius 2 is 2.06 bits per heavy atom. The fourth-order valence-electron chi connectivity index (χ4n) is 5.11. The summed E-state index contributed by atoms with van der Waals surface area (Å²) < 4.78 is 11.4. The van der Waals surface area contributed by atoms with Crippen LogP contribution in [-0.2, 0) is 16.0 Å². The minimum Gasteiger partial charge on any atom is -0.376 e. The molecule has 1 aromatic heterocycles. The van der Waals surface area contributed by atoms with Crippen LogP contribution in [-0.4, -0.2) is 60.3 Å². The Bertz CT molecular complexity index is 995. The number of aliphatic imine (C=N–C) groups is 1. The van der Waals surface area contributed by atoms with E-state index in [4.69, 9.17) is 9.26 Å². The summed E-state index contributed by atoms with van der Waals surface area (Å²) >= 11 is 0. The average molecular weight is 422 g/mol. The van der Waals surface area contributed by atoms with Crippen molar-refractivity contribution in [3.63, 3.8) is 0 Å². The smallest absolute Gasteiger partial charge is 0.254 e. The summed E-state index contributed by atoms with van der Waals surface area (Å²) in [5.41, 5.74) is 1.86. The van der Waals surface area contributed by atoms with E-state index < -0.39 is 12.1 Å². The fourth-order valence-corrected chi connectivity index (χ4v) is 5.11. The van der Waals surface area contributed by atoms with Crippen molar-refractivity contribution in [3.05, 3.63) is 36.0 Å². The number of carbonyl (C=O) groups is 1. The van der Waals surface area contributed by atoms with Crippen LogP contribution in [0, 0.1) is 0 Å². The Balaban J connectivity index is 1.28. The highest BCUT2D eigenvalue weighted by atomic mass is 16.5. The number of ether oxygens (including phenoxy) is 1. The van der Waals surface area contributed by atoms with Crippen LogP contribution < -0.4 is 15.1 Å². The number of nitrogens with one attached hydrogen (secondary N) is 1. The first-order valence-electron chi connectivity index (χ1n) is 11.2. The van der Waals surface area contributed by atoms with Gasteiger partial charge in [-0.1, -0.05) is 17.3 Å². The lowest BCUT2D eigenvalue weighted by molar-refractivity contribution is -0.120. The molecular weight excluding hydrogens is 396 g/mol. The van der Waals surface area contributed by atoms with Crippen molar-refractivity contribution in [2.45, 2.75) is 56.3 Å². The van der Waals surface area contributed by atoms with Crippen molar-refractivity contribution in [3.8, 4) is 0 Å². The molecule has 4 aliphatic rings. The van der Waals surface area contributed by atoms with Crippen molar-refractivity contribution >= 4 is 23.6 Å². The standard InChI is InChI=1S/C22H26N6O3/c29-22-20-19(21-25-18(26-31-21)11-14-5-3-9-23-14)24-13-28(20)17-8-2-1-7-16(17)27(22)12-15-6-4-10-30-15/h1-2,7-8,13-15,19-20,23H,3-6,9-12H2. The van der Waals surface area contributed by atoms with Gasteiger partial charge in [0.1, 0.15) is 6.04 Å². The summed E-state index contributed by atoms with van der Waals surface area (Å²) in [5, 5.41) is 7.63. The van der Waals surface area contributed by atoms with E-state index in [1.165, 1.54) is 6.42 Å². The van der Waals surface area contributed by atoms with Gasteiger partial charge in [-0.15, -0.1) is 0 Å². The summed E-state index contributed by atoms with van der Waals surface area (Å²) in [6, 6.07) is 7.31. The van der Waals surface area contributed by atoms with E-state index in [2.05, 4.69) is 20.4 Å². The normalized spacial score (nSPS) is 29.6. The highest BCUT2D eigenvalue weighted by molar-refractivity contribution is 6.11. The van der Waals surface area contributed by atoms with Gasteiger partial charge in [0, 0.05) is 19.1 Å². The molecule has 9 nitrogen and oxygen atoms in total. The van der Waals surface area contributed by atoms with Gasteiger partial charge in [0.2, 0.25) is 0 Å². The number of hydrogen-bond donors (Lipinski definition) is 1. The maximum atomic E-state index is 13.7. The van der Waals surface area contributed by atoms with Crippen LogP contribution in [0.5, 0.6) is 0 Å². The van der Waals surface area contributed by atoms with Crippen molar-refractivity contribution in [2.75, 3.05) is 29.5 Å². The second-order valence-corrected chi connectivity index (χ2v) is 8.68. The van der Waals surface area contributed by atoms with E-state index >= 15 is 0 Å². The monoisotopic (exact) mass is 422 g/mol. The molecule has 0 spiro atoms. The lowest BCUT2D eigenvalue weighted by atomic mass is 10.0. The zero-order valence-corrected chi connectivity index (χ0v) is 17.3. The summed E-state index contributed by atoms with van der Waals surface area (Å²) in [7, 11) is 0. The number of nitrogens with zero attached hydrogens (tertiary/aromatic N) is 5. The lowest BCUT2D eigenvalue weighted by Crippen LogP contribution is -2.54. The van der Waals surface area contributed by atoms with Crippen molar-refractivity contribution in [2.24, 2.45) is 4.99 Å². The molecule has 6 rings (SSSR count). The topological polar surface area (TPSA) is 96.1 Å². The van der Waals surface area contributed by atoms with E-state index in [1.54, 1.807) is 6.34 Å². The summed E-state index contributed by atoms with van der Waals surface area (Å²) in [6.45, 7) is 2.35. The van der Waals surface area contributed by atoms with Crippen molar-refractivity contribution in [1.29, 1.82) is 0 Å². The number of anilines is 2. The maximum Gasteiger partial charge on any atom is 0.254 e. The third kappa shape index (κ3) is 3.32. The summed E-state index contributed by atoms with van der Waals surface area (Å²) in [5.74, 6) is 1.07. The number of para-hydroxylation sites is 2. The SMILES string of the molecule is O=C1C2C(c3nc(CC4CCCN4)no3)N=CN2c2ccccc2N1CC1CCCO1. The number of fused-ring (bicyclic) bond motifs is 3. The number of rotatable bonds is 5. The first-order chi connectivity index (χ1) is 15.3. The summed E-state index contributed by atoms with van der Waals surface area (Å²) in [4.78, 5) is 26.7. The molecule has 1 N–H and O–H groups in total. The van der Waals surface area contributed by atoms with Gasteiger partial charge in [0.15, 0.2) is 11.9 Å². The van der Waals surface area contributed by atoms with Crippen LogP contribution in [0.4, 0.5) is 11.4 Å². The molecule has 5 heterocycles. The first-order valence-corrected chi connectivity index (χ1v) is 11.2. The number of hydrogen-bond acceptors (Lipinski definition) is 8. The third-order valence-corrected chi connectivity index (χ3v) is 6.66. The van der Waals surface area contributed by atoms with Crippen LogP contribution in [0.25, 0.3) is 0 Å². The molecule has 4 unspecified atom stereocenters. The fraction of sp³-hybridized carbons (Fsp3) is 0.545. The van der Waals surface area contributed by atoms with Crippen LogP contribution in [0.2, 0.25) is 0 Å². The molecule has 2 aromatic rings. The van der Waals surface area contributed by atoms with E-state index in [0.29, 0.717) is 24.3 Å². The highest BCUT2D eigenvalue weighted by Crippen LogP contribution is 2.42. The predicted molar refractivity (Wildman–Crippen MR) is 114 cm³/mol. The van der Waals surface area contributed by atoms with E-state index in [0.717, 1.165) is 50.2 Å². The lowest BCUT2D eigenvalue weighted by Gasteiger charge is -2.39. The zero-order valence-electron chi connectivity index (χ0n) is 17.3. The van der Waals surface area contributed by atoms with Crippen molar-refractivity contribution in [1.82, 2.24) is 15.5 Å². The molecule has 4 atom stereocenters. The minimum atomic E-state index is -0.519. The van der Waals surface area contributed by atoms with Crippen LogP contribution in [0.15, 0.2) is 33.8 Å². The zero-order chi connectivity index (χ0) is 20.8. The molecule has 1 amide bonds. The largest absolute Gasteiger partial charge is 0.376 e. The molecule has 0 aliphatic carbocycles. The van der Waals surface area contributed by atoms with E-state index in [9.17, 15) is 4.79 Å². The average Bonchev–Trinajstić information content (AvgIpc) is 3.59. The van der Waals surface area contributed by atoms with Gasteiger partial charge in [-0.3, -0.25) is 9.79 Å². The highest BCUT2D eigenvalue weighted by Gasteiger charge is 2.48. The van der Waals surface area contributed by atoms with E-state index in [-0.39, 0.29) is 12.0 Å². The molecule has 2 fully saturated rings. The Hall–Kier alpha value is -2.78. The molecule has 9 heteroatoms. The van der Waals surface area contributed by atoms with E-state index in [1.807, 2.05) is 34.1 Å². The van der Waals surface area contributed by atoms with Crippen LogP contribution >= 0.6 is 0 Å². The molecule has 0 bridgehead atoms. The van der Waals surface area contributed by atoms with Gasteiger partial charge in [-0.2, -0.15) is 4.98 Å². The van der Waals surface area contributed by atoms with Crippen LogP contribution in [0.3, 0.4) is 0 Å². The molecule has 0 radical (unpaired) electrons. The molecular formula is C22H26N6O3. The Morgan fingerprint density at radius 1 is 1.16 bits per heavy atom. The number of amides is 1. The van der Waals surface area contributed by atoms with Gasteiger partial charge in [0.05, 0.1) is 30.4 Å². The molecule has 31 heavy (non-hydrogen) atoms. The Kier molecular flexibility index (Phi) is 4.72. The number of aromatic nitrogens is 2. The maximum absolute atomic E-state index is 13.7. The van der Waals surface area contributed by atoms with Crippen molar-refractivity contribution < 1.29 is 14.1 Å². The predicted octanol–water partition coefficient (Wildman–Crippen LogP) is 1.85. The van der Waals surface area contributed by atoms with Gasteiger partial charge in [-0.25, -0.2) is 0 Å². The number of benzene rings is 1. The van der Waals surface area contributed by atoms with Crippen LogP contribution in [0.1, 0.15) is 43.4 Å². The van der Waals surface area contributed by atoms with Gasteiger partial charge in [0.25, 0.3) is 11.8 Å². The quantitative estimate of drug-likeness (QED) is 0.785. The minimum absolute atomic E-state index is 0.00564.